The summed E-state index contributed by atoms with van der Waals surface area (Å²) >= 11 is 0. The fourth-order valence-electron chi connectivity index (χ4n) is 3.34. The molecular formula is C21H17N3O5. The molecule has 2 amide bonds. The number of nitrogens with one attached hydrogen (secondary N) is 1. The Labute approximate surface area is 165 Å². The zero-order valence-electron chi connectivity index (χ0n) is 15.3. The van der Waals surface area contributed by atoms with Gasteiger partial charge in [-0.3, -0.25) is 19.7 Å². The number of hydrogen-bond acceptors (Lipinski definition) is 5. The summed E-state index contributed by atoms with van der Waals surface area (Å²) in [7, 11) is 0. The second-order valence-electron chi connectivity index (χ2n) is 6.62. The monoisotopic (exact) mass is 391 g/mol. The number of anilines is 2. The van der Waals surface area contributed by atoms with Crippen LogP contribution in [0.25, 0.3) is 0 Å². The van der Waals surface area contributed by atoms with Gasteiger partial charge in [-0.15, -0.1) is 0 Å². The van der Waals surface area contributed by atoms with Gasteiger partial charge in [0.1, 0.15) is 4.92 Å². The van der Waals surface area contributed by atoms with Crippen molar-refractivity contribution in [3.8, 4) is 0 Å². The highest BCUT2D eigenvalue weighted by Crippen LogP contribution is 2.31. The number of benzene rings is 2. The van der Waals surface area contributed by atoms with E-state index in [9.17, 15) is 19.7 Å². The van der Waals surface area contributed by atoms with E-state index in [0.29, 0.717) is 17.8 Å². The molecule has 0 fully saturated rings. The second kappa shape index (κ2) is 7.59. The van der Waals surface area contributed by atoms with Crippen LogP contribution >= 0.6 is 0 Å². The van der Waals surface area contributed by atoms with Crippen LogP contribution in [0.5, 0.6) is 0 Å². The van der Waals surface area contributed by atoms with Crippen LogP contribution in [0.2, 0.25) is 0 Å². The minimum Gasteiger partial charge on any atom is -0.395 e. The summed E-state index contributed by atoms with van der Waals surface area (Å²) in [5.74, 6) is -1.36. The molecule has 1 aliphatic heterocycles. The Balaban J connectivity index is 1.58. The Hall–Kier alpha value is -3.94. The van der Waals surface area contributed by atoms with Crippen LogP contribution in [-0.4, -0.2) is 23.3 Å². The lowest BCUT2D eigenvalue weighted by Crippen LogP contribution is -2.35. The van der Waals surface area contributed by atoms with Crippen molar-refractivity contribution in [1.29, 1.82) is 0 Å². The van der Waals surface area contributed by atoms with Crippen molar-refractivity contribution in [1.82, 2.24) is 0 Å². The van der Waals surface area contributed by atoms with Crippen LogP contribution in [0.4, 0.5) is 17.3 Å². The van der Waals surface area contributed by atoms with Gasteiger partial charge in [-0.05, 0) is 48.7 Å². The summed E-state index contributed by atoms with van der Waals surface area (Å²) in [5.41, 5.74) is 2.83. The summed E-state index contributed by atoms with van der Waals surface area (Å²) in [6.07, 6.45) is 1.69. The van der Waals surface area contributed by atoms with E-state index in [1.165, 1.54) is 6.07 Å². The first-order valence-electron chi connectivity index (χ1n) is 9.08. The maximum atomic E-state index is 12.9. The molecule has 1 aromatic heterocycles. The van der Waals surface area contributed by atoms with Crippen LogP contribution in [0.15, 0.2) is 65.1 Å². The molecule has 0 atom stereocenters. The SMILES string of the molecule is O=C(Nc1ccc2c(c1)N(C(=O)c1ccccc1)CCC2)c1ccc([N+](=O)[O-])o1. The Bertz CT molecular complexity index is 1090. The summed E-state index contributed by atoms with van der Waals surface area (Å²) in [4.78, 5) is 37.0. The fraction of sp³-hybridized carbons (Fsp3) is 0.143. The van der Waals surface area contributed by atoms with Crippen molar-refractivity contribution in [3.05, 3.63) is 87.7 Å². The van der Waals surface area contributed by atoms with Crippen LogP contribution in [0.1, 0.15) is 32.9 Å². The Kier molecular flexibility index (Phi) is 4.82. The molecule has 0 radical (unpaired) electrons. The Morgan fingerprint density at radius 3 is 2.59 bits per heavy atom. The van der Waals surface area contributed by atoms with E-state index in [1.54, 1.807) is 29.2 Å². The van der Waals surface area contributed by atoms with Gasteiger partial charge in [0.25, 0.3) is 11.8 Å². The van der Waals surface area contributed by atoms with E-state index in [4.69, 9.17) is 4.42 Å². The summed E-state index contributed by atoms with van der Waals surface area (Å²) < 4.78 is 4.93. The van der Waals surface area contributed by atoms with Crippen molar-refractivity contribution in [2.75, 3.05) is 16.8 Å². The number of nitro groups is 1. The van der Waals surface area contributed by atoms with E-state index < -0.39 is 16.7 Å². The van der Waals surface area contributed by atoms with Crippen molar-refractivity contribution in [2.45, 2.75) is 12.8 Å². The van der Waals surface area contributed by atoms with Gasteiger partial charge in [0.2, 0.25) is 0 Å². The smallest absolute Gasteiger partial charge is 0.395 e. The number of aryl methyl sites for hydroxylation is 1. The molecule has 2 heterocycles. The third kappa shape index (κ3) is 3.73. The van der Waals surface area contributed by atoms with E-state index in [2.05, 4.69) is 5.32 Å². The molecule has 0 saturated carbocycles. The van der Waals surface area contributed by atoms with Crippen LogP contribution in [0, 0.1) is 10.1 Å². The lowest BCUT2D eigenvalue weighted by molar-refractivity contribution is -0.402. The maximum absolute atomic E-state index is 12.9. The highest BCUT2D eigenvalue weighted by molar-refractivity contribution is 6.07. The number of amides is 2. The molecule has 0 saturated heterocycles. The van der Waals surface area contributed by atoms with Gasteiger partial charge in [-0.2, -0.15) is 0 Å². The number of furan rings is 1. The average Bonchev–Trinajstić information content (AvgIpc) is 3.24. The largest absolute Gasteiger partial charge is 0.433 e. The maximum Gasteiger partial charge on any atom is 0.433 e. The third-order valence-electron chi connectivity index (χ3n) is 4.72. The molecule has 4 rings (SSSR count). The molecule has 0 bridgehead atoms. The van der Waals surface area contributed by atoms with Crippen molar-refractivity contribution >= 4 is 29.1 Å². The van der Waals surface area contributed by atoms with Crippen LogP contribution in [0.3, 0.4) is 0 Å². The van der Waals surface area contributed by atoms with Crippen LogP contribution in [-0.2, 0) is 6.42 Å². The molecule has 1 aliphatic rings. The molecule has 3 aromatic rings. The average molecular weight is 391 g/mol. The fourth-order valence-corrected chi connectivity index (χ4v) is 3.34. The summed E-state index contributed by atoms with van der Waals surface area (Å²) in [5, 5.41) is 13.4. The molecule has 8 heteroatoms. The van der Waals surface area contributed by atoms with Crippen molar-refractivity contribution in [2.24, 2.45) is 0 Å². The standard InChI is InChI=1S/C21H17N3O5/c25-20(18-10-11-19(29-18)24(27)28)22-16-9-8-14-7-4-12-23(17(14)13-16)21(26)15-5-2-1-3-6-15/h1-3,5-6,8-11,13H,4,7,12H2,(H,22,25). The van der Waals surface area contributed by atoms with E-state index in [0.717, 1.165) is 30.2 Å². The molecule has 1 N–H and O–H groups in total. The Morgan fingerprint density at radius 2 is 1.86 bits per heavy atom. The molecule has 8 nitrogen and oxygen atoms in total. The number of rotatable bonds is 4. The second-order valence-corrected chi connectivity index (χ2v) is 6.62. The Morgan fingerprint density at radius 1 is 1.07 bits per heavy atom. The van der Waals surface area contributed by atoms with Gasteiger partial charge in [-0.1, -0.05) is 24.3 Å². The third-order valence-corrected chi connectivity index (χ3v) is 4.72. The molecule has 0 spiro atoms. The molecule has 0 aliphatic carbocycles. The number of carbonyl (C=O) groups is 2. The zero-order chi connectivity index (χ0) is 20.4. The molecular weight excluding hydrogens is 374 g/mol. The summed E-state index contributed by atoms with van der Waals surface area (Å²) in [6.45, 7) is 0.586. The van der Waals surface area contributed by atoms with Crippen LogP contribution < -0.4 is 10.2 Å². The number of hydrogen-bond donors (Lipinski definition) is 1. The first-order chi connectivity index (χ1) is 14.0. The molecule has 29 heavy (non-hydrogen) atoms. The lowest BCUT2D eigenvalue weighted by atomic mass is 10.00. The number of carbonyl (C=O) groups excluding carboxylic acids is 2. The van der Waals surface area contributed by atoms with Crippen molar-refractivity contribution in [3.63, 3.8) is 0 Å². The van der Waals surface area contributed by atoms with E-state index in [1.807, 2.05) is 24.3 Å². The number of fused-ring (bicyclic) bond motifs is 1. The first-order valence-corrected chi connectivity index (χ1v) is 9.08. The van der Waals surface area contributed by atoms with Gasteiger partial charge in [-0.25, -0.2) is 0 Å². The number of nitrogens with zero attached hydrogens (tertiary/aromatic N) is 2. The molecule has 2 aromatic carbocycles. The zero-order valence-corrected chi connectivity index (χ0v) is 15.3. The normalized spacial score (nSPS) is 12.9. The quantitative estimate of drug-likeness (QED) is 0.534. The molecule has 0 unspecified atom stereocenters. The van der Waals surface area contributed by atoms with Gasteiger partial charge >= 0.3 is 5.88 Å². The minimum atomic E-state index is -0.706. The topological polar surface area (TPSA) is 106 Å². The lowest BCUT2D eigenvalue weighted by Gasteiger charge is -2.30. The first kappa shape index (κ1) is 18.4. The highest BCUT2D eigenvalue weighted by atomic mass is 16.6. The van der Waals surface area contributed by atoms with Crippen molar-refractivity contribution < 1.29 is 18.9 Å². The van der Waals surface area contributed by atoms with Gasteiger partial charge < -0.3 is 14.6 Å². The minimum absolute atomic E-state index is 0.100. The predicted octanol–water partition coefficient (Wildman–Crippen LogP) is 4.03. The van der Waals surface area contributed by atoms with Gasteiger partial charge in [0, 0.05) is 23.5 Å². The van der Waals surface area contributed by atoms with E-state index >= 15 is 0 Å². The molecule has 146 valence electrons. The van der Waals surface area contributed by atoms with Gasteiger partial charge in [0.05, 0.1) is 6.07 Å². The predicted molar refractivity (Wildman–Crippen MR) is 106 cm³/mol. The highest BCUT2D eigenvalue weighted by Gasteiger charge is 2.24. The summed E-state index contributed by atoms with van der Waals surface area (Å²) in [6, 6.07) is 16.8. The van der Waals surface area contributed by atoms with E-state index in [-0.39, 0.29) is 11.7 Å². The van der Waals surface area contributed by atoms with Gasteiger partial charge in [0.15, 0.2) is 5.76 Å².